The fourth-order valence-corrected chi connectivity index (χ4v) is 1.39. The number of imidazole rings is 1. The molecular weight excluding hydrogens is 208 g/mol. The number of hydrogen-bond donors (Lipinski definition) is 3. The van der Waals surface area contributed by atoms with Gasteiger partial charge in [-0.05, 0) is 26.0 Å². The summed E-state index contributed by atoms with van der Waals surface area (Å²) in [7, 11) is 0. The van der Waals surface area contributed by atoms with Crippen molar-refractivity contribution in [3.8, 4) is 5.75 Å². The van der Waals surface area contributed by atoms with Crippen molar-refractivity contribution in [2.75, 3.05) is 0 Å². The third-order valence-electron chi connectivity index (χ3n) is 2.59. The molecule has 0 bridgehead atoms. The summed E-state index contributed by atoms with van der Waals surface area (Å²) < 4.78 is 0. The van der Waals surface area contributed by atoms with Crippen molar-refractivity contribution in [1.29, 1.82) is 0 Å². The third-order valence-corrected chi connectivity index (χ3v) is 2.59. The summed E-state index contributed by atoms with van der Waals surface area (Å²) >= 11 is 0. The van der Waals surface area contributed by atoms with Crippen LogP contribution in [0.4, 0.5) is 0 Å². The number of nitrogens with one attached hydrogen (secondary N) is 1. The molecule has 0 aliphatic heterocycles. The summed E-state index contributed by atoms with van der Waals surface area (Å²) in [6.07, 6.45) is 0. The molecule has 0 saturated carbocycles. The van der Waals surface area contributed by atoms with Gasteiger partial charge in [0.1, 0.15) is 17.0 Å². The summed E-state index contributed by atoms with van der Waals surface area (Å²) in [5.41, 5.74) is 0.195. The largest absolute Gasteiger partial charge is 0.508 e. The van der Waals surface area contributed by atoms with E-state index in [2.05, 4.69) is 9.97 Å². The first-order valence-corrected chi connectivity index (χ1v) is 4.84. The number of nitrogens with zero attached hydrogens (tertiary/aromatic N) is 1. The maximum Gasteiger partial charge on any atom is 0.316 e. The molecule has 0 aliphatic rings. The van der Waals surface area contributed by atoms with E-state index in [-0.39, 0.29) is 5.75 Å². The maximum absolute atomic E-state index is 11.1. The predicted octanol–water partition coefficient (Wildman–Crippen LogP) is 1.63. The molecule has 0 atom stereocenters. The van der Waals surface area contributed by atoms with E-state index in [4.69, 9.17) is 5.11 Å². The van der Waals surface area contributed by atoms with E-state index in [1.165, 1.54) is 12.1 Å². The van der Waals surface area contributed by atoms with Crippen LogP contribution in [0.3, 0.4) is 0 Å². The number of carboxylic acid groups (broad SMARTS) is 1. The molecule has 1 aromatic heterocycles. The minimum absolute atomic E-state index is 0.121. The average Bonchev–Trinajstić information content (AvgIpc) is 2.60. The number of H-pyrrole nitrogens is 1. The van der Waals surface area contributed by atoms with E-state index in [0.717, 1.165) is 0 Å². The van der Waals surface area contributed by atoms with E-state index < -0.39 is 11.4 Å². The second-order valence-corrected chi connectivity index (χ2v) is 4.22. The smallest absolute Gasteiger partial charge is 0.316 e. The fourth-order valence-electron chi connectivity index (χ4n) is 1.39. The van der Waals surface area contributed by atoms with Crippen molar-refractivity contribution in [3.63, 3.8) is 0 Å². The van der Waals surface area contributed by atoms with Crippen LogP contribution in [-0.4, -0.2) is 26.2 Å². The zero-order valence-electron chi connectivity index (χ0n) is 8.98. The predicted molar refractivity (Wildman–Crippen MR) is 58.4 cm³/mol. The Kier molecular flexibility index (Phi) is 2.11. The number of fused-ring (bicyclic) bond motifs is 1. The van der Waals surface area contributed by atoms with Gasteiger partial charge in [0, 0.05) is 6.07 Å². The van der Waals surface area contributed by atoms with E-state index in [9.17, 15) is 9.90 Å². The van der Waals surface area contributed by atoms with Crippen molar-refractivity contribution in [1.82, 2.24) is 9.97 Å². The molecule has 0 radical (unpaired) electrons. The van der Waals surface area contributed by atoms with Crippen LogP contribution in [0.1, 0.15) is 19.7 Å². The van der Waals surface area contributed by atoms with Crippen molar-refractivity contribution in [2.24, 2.45) is 0 Å². The number of aromatic hydroxyl groups is 1. The van der Waals surface area contributed by atoms with Gasteiger partial charge in [-0.3, -0.25) is 4.79 Å². The Morgan fingerprint density at radius 1 is 1.44 bits per heavy atom. The van der Waals surface area contributed by atoms with Gasteiger partial charge in [0.15, 0.2) is 0 Å². The summed E-state index contributed by atoms with van der Waals surface area (Å²) in [5.74, 6) is -0.452. The minimum Gasteiger partial charge on any atom is -0.508 e. The Bertz CT molecular complexity index is 557. The van der Waals surface area contributed by atoms with Crippen LogP contribution < -0.4 is 0 Å². The SMILES string of the molecule is CC(C)(C(=O)O)c1nc2ccc(O)cc2[nH]1. The van der Waals surface area contributed by atoms with Crippen LogP contribution in [0.25, 0.3) is 11.0 Å². The van der Waals surface area contributed by atoms with E-state index in [1.807, 2.05) is 0 Å². The Balaban J connectivity index is 2.59. The minimum atomic E-state index is -1.07. The quantitative estimate of drug-likeness (QED) is 0.718. The first kappa shape index (κ1) is 10.5. The Morgan fingerprint density at radius 2 is 2.12 bits per heavy atom. The van der Waals surface area contributed by atoms with Gasteiger partial charge >= 0.3 is 5.97 Å². The van der Waals surface area contributed by atoms with Gasteiger partial charge in [-0.2, -0.15) is 0 Å². The zero-order chi connectivity index (χ0) is 11.9. The van der Waals surface area contributed by atoms with Crippen LogP contribution in [0.2, 0.25) is 0 Å². The number of aromatic nitrogens is 2. The number of carboxylic acids is 1. The van der Waals surface area contributed by atoms with E-state index in [0.29, 0.717) is 16.9 Å². The fraction of sp³-hybridized carbons (Fsp3) is 0.273. The Hall–Kier alpha value is -2.04. The third kappa shape index (κ3) is 1.50. The lowest BCUT2D eigenvalue weighted by molar-refractivity contribution is -0.142. The van der Waals surface area contributed by atoms with Gasteiger partial charge in [-0.15, -0.1) is 0 Å². The number of aromatic amines is 1. The highest BCUT2D eigenvalue weighted by molar-refractivity contribution is 5.82. The summed E-state index contributed by atoms with van der Waals surface area (Å²) in [6, 6.07) is 4.67. The number of benzene rings is 1. The molecule has 0 unspecified atom stereocenters. The molecule has 0 spiro atoms. The molecule has 0 aliphatic carbocycles. The normalized spacial score (nSPS) is 11.9. The van der Waals surface area contributed by atoms with Crippen LogP contribution in [0, 0.1) is 0 Å². The lowest BCUT2D eigenvalue weighted by Crippen LogP contribution is -2.29. The molecule has 16 heavy (non-hydrogen) atoms. The Labute approximate surface area is 91.8 Å². The average molecular weight is 220 g/mol. The molecule has 3 N–H and O–H groups in total. The Morgan fingerprint density at radius 3 is 2.75 bits per heavy atom. The van der Waals surface area contributed by atoms with Gasteiger partial charge in [0.05, 0.1) is 11.0 Å². The molecule has 0 fully saturated rings. The van der Waals surface area contributed by atoms with Crippen molar-refractivity contribution >= 4 is 17.0 Å². The number of phenols is 1. The molecule has 1 aromatic carbocycles. The first-order valence-electron chi connectivity index (χ1n) is 4.84. The molecular formula is C11H12N2O3. The topological polar surface area (TPSA) is 86.2 Å². The molecule has 0 saturated heterocycles. The lowest BCUT2D eigenvalue weighted by Gasteiger charge is -2.15. The van der Waals surface area contributed by atoms with Crippen molar-refractivity contribution in [2.45, 2.75) is 19.3 Å². The number of hydrogen-bond acceptors (Lipinski definition) is 3. The molecule has 2 aromatic rings. The molecule has 2 rings (SSSR count). The van der Waals surface area contributed by atoms with E-state index >= 15 is 0 Å². The number of rotatable bonds is 2. The van der Waals surface area contributed by atoms with Crippen molar-refractivity contribution in [3.05, 3.63) is 24.0 Å². The molecule has 5 heteroatoms. The monoisotopic (exact) mass is 220 g/mol. The van der Waals surface area contributed by atoms with Gasteiger partial charge in [-0.1, -0.05) is 0 Å². The summed E-state index contributed by atoms with van der Waals surface area (Å²) in [5, 5.41) is 18.4. The maximum atomic E-state index is 11.1. The zero-order valence-corrected chi connectivity index (χ0v) is 8.98. The summed E-state index contributed by atoms with van der Waals surface area (Å²) in [6.45, 7) is 3.15. The standard InChI is InChI=1S/C11H12N2O3/c1-11(2,10(15)16)9-12-7-4-3-6(14)5-8(7)13-9/h3-5,14H,1-2H3,(H,12,13)(H,15,16). The molecule has 0 amide bonds. The second kappa shape index (κ2) is 3.23. The van der Waals surface area contributed by atoms with Gasteiger partial charge < -0.3 is 15.2 Å². The highest BCUT2D eigenvalue weighted by Crippen LogP contribution is 2.25. The lowest BCUT2D eigenvalue weighted by atomic mass is 9.93. The molecule has 1 heterocycles. The summed E-state index contributed by atoms with van der Waals surface area (Å²) in [4.78, 5) is 18.2. The second-order valence-electron chi connectivity index (χ2n) is 4.22. The van der Waals surface area contributed by atoms with Gasteiger partial charge in [0.25, 0.3) is 0 Å². The first-order chi connectivity index (χ1) is 7.41. The number of aliphatic carboxylic acids is 1. The highest BCUT2D eigenvalue weighted by Gasteiger charge is 2.32. The van der Waals surface area contributed by atoms with Crippen LogP contribution in [0.15, 0.2) is 18.2 Å². The molecule has 5 nitrogen and oxygen atoms in total. The van der Waals surface area contributed by atoms with Crippen LogP contribution in [0.5, 0.6) is 5.75 Å². The van der Waals surface area contributed by atoms with Gasteiger partial charge in [0.2, 0.25) is 0 Å². The van der Waals surface area contributed by atoms with Crippen molar-refractivity contribution < 1.29 is 15.0 Å². The number of carbonyl (C=O) groups is 1. The van der Waals surface area contributed by atoms with Crippen LogP contribution in [-0.2, 0) is 10.2 Å². The highest BCUT2D eigenvalue weighted by atomic mass is 16.4. The van der Waals surface area contributed by atoms with Crippen LogP contribution >= 0.6 is 0 Å². The molecule has 84 valence electrons. The van der Waals surface area contributed by atoms with Gasteiger partial charge in [-0.25, -0.2) is 4.98 Å². The number of phenolic OH excluding ortho intramolecular Hbond substituents is 1. The van der Waals surface area contributed by atoms with E-state index in [1.54, 1.807) is 19.9 Å².